The van der Waals surface area contributed by atoms with Crippen LogP contribution in [0.3, 0.4) is 0 Å². The van der Waals surface area contributed by atoms with E-state index in [-0.39, 0.29) is 11.8 Å². The Bertz CT molecular complexity index is 917. The normalized spacial score (nSPS) is 16.3. The first kappa shape index (κ1) is 18.0. The van der Waals surface area contributed by atoms with Crippen LogP contribution in [0.1, 0.15) is 25.0 Å². The molecule has 4 rings (SSSR count). The third-order valence-corrected chi connectivity index (χ3v) is 4.94. The third-order valence-electron chi connectivity index (χ3n) is 4.94. The second-order valence-corrected chi connectivity index (χ2v) is 6.81. The summed E-state index contributed by atoms with van der Waals surface area (Å²) in [4.78, 5) is 27.0. The van der Waals surface area contributed by atoms with E-state index < -0.39 is 6.04 Å². The number of rotatable bonds is 6. The van der Waals surface area contributed by atoms with Crippen LogP contribution in [-0.4, -0.2) is 39.1 Å². The topological polar surface area (TPSA) is 80.4 Å². The number of anilines is 1. The van der Waals surface area contributed by atoms with Gasteiger partial charge in [-0.3, -0.25) is 9.59 Å². The predicted octanol–water partition coefficient (Wildman–Crippen LogP) is 3.03. The minimum absolute atomic E-state index is 0.0110. The maximum Gasteiger partial charge on any atom is 0.247 e. The maximum atomic E-state index is 12.7. The number of amides is 2. The molecule has 1 saturated heterocycles. The van der Waals surface area contributed by atoms with Crippen molar-refractivity contribution in [3.63, 3.8) is 0 Å². The molecule has 0 aliphatic carbocycles. The molecule has 0 radical (unpaired) electrons. The van der Waals surface area contributed by atoms with Gasteiger partial charge >= 0.3 is 0 Å². The van der Waals surface area contributed by atoms with Crippen LogP contribution in [-0.2, 0) is 16.0 Å². The quantitative estimate of drug-likeness (QED) is 0.715. The number of likely N-dealkylation sites (tertiary alicyclic amines) is 1. The Hall–Kier alpha value is -3.35. The Kier molecular flexibility index (Phi) is 5.23. The highest BCUT2D eigenvalue weighted by atomic mass is 16.3. The molecule has 1 fully saturated rings. The van der Waals surface area contributed by atoms with Crippen LogP contribution in [0.25, 0.3) is 5.69 Å². The van der Waals surface area contributed by atoms with Gasteiger partial charge in [-0.05, 0) is 55.3 Å². The van der Waals surface area contributed by atoms with Gasteiger partial charge < -0.3 is 14.6 Å². The Balaban J connectivity index is 1.36. The minimum Gasteiger partial charge on any atom is -0.469 e. The zero-order valence-corrected chi connectivity index (χ0v) is 15.5. The fraction of sp³-hybridized carbons (Fsp3) is 0.286. The molecule has 0 saturated carbocycles. The molecule has 3 heterocycles. The van der Waals surface area contributed by atoms with Gasteiger partial charge in [-0.2, -0.15) is 5.10 Å². The van der Waals surface area contributed by atoms with E-state index in [9.17, 15) is 9.59 Å². The molecule has 0 bridgehead atoms. The summed E-state index contributed by atoms with van der Waals surface area (Å²) in [5.74, 6) is 0.629. The Morgan fingerprint density at radius 1 is 1.18 bits per heavy atom. The zero-order chi connectivity index (χ0) is 19.3. The highest BCUT2D eigenvalue weighted by Crippen LogP contribution is 2.21. The SMILES string of the molecule is O=C(Nc1ccc(-n2cccn2)cc1)[C@H]1CCCN1C(=O)CCc1ccco1. The maximum absolute atomic E-state index is 12.7. The van der Waals surface area contributed by atoms with Gasteiger partial charge in [-0.1, -0.05) is 0 Å². The largest absolute Gasteiger partial charge is 0.469 e. The first-order valence-electron chi connectivity index (χ1n) is 9.43. The molecular weight excluding hydrogens is 356 g/mol. The third kappa shape index (κ3) is 3.98. The molecule has 1 N–H and O–H groups in total. The van der Waals surface area contributed by atoms with Crippen molar-refractivity contribution in [2.45, 2.75) is 31.7 Å². The summed E-state index contributed by atoms with van der Waals surface area (Å²) in [6, 6.07) is 12.6. The summed E-state index contributed by atoms with van der Waals surface area (Å²) >= 11 is 0. The van der Waals surface area contributed by atoms with E-state index in [0.29, 0.717) is 31.5 Å². The van der Waals surface area contributed by atoms with Crippen LogP contribution < -0.4 is 5.32 Å². The lowest BCUT2D eigenvalue weighted by molar-refractivity contribution is -0.136. The van der Waals surface area contributed by atoms with Crippen molar-refractivity contribution in [3.8, 4) is 5.69 Å². The van der Waals surface area contributed by atoms with Crippen LogP contribution in [0.4, 0.5) is 5.69 Å². The Morgan fingerprint density at radius 2 is 2.04 bits per heavy atom. The molecule has 2 aromatic heterocycles. The van der Waals surface area contributed by atoms with Gasteiger partial charge in [0.2, 0.25) is 11.8 Å². The number of nitrogens with one attached hydrogen (secondary N) is 1. The van der Waals surface area contributed by atoms with Crippen molar-refractivity contribution in [2.75, 3.05) is 11.9 Å². The van der Waals surface area contributed by atoms with Gasteiger partial charge in [0, 0.05) is 37.5 Å². The molecular formula is C21H22N4O3. The highest BCUT2D eigenvalue weighted by molar-refractivity contribution is 5.97. The summed E-state index contributed by atoms with van der Waals surface area (Å²) in [7, 11) is 0. The lowest BCUT2D eigenvalue weighted by Gasteiger charge is -2.24. The number of nitrogens with zero attached hydrogens (tertiary/aromatic N) is 3. The number of hydrogen-bond acceptors (Lipinski definition) is 4. The summed E-state index contributed by atoms with van der Waals surface area (Å²) in [6.07, 6.45) is 7.59. The van der Waals surface area contributed by atoms with Crippen LogP contribution in [0, 0.1) is 0 Å². The molecule has 1 aliphatic heterocycles. The van der Waals surface area contributed by atoms with Crippen molar-refractivity contribution in [3.05, 3.63) is 66.9 Å². The summed E-state index contributed by atoms with van der Waals surface area (Å²) in [6.45, 7) is 0.618. The van der Waals surface area contributed by atoms with E-state index >= 15 is 0 Å². The van der Waals surface area contributed by atoms with Gasteiger partial charge in [0.15, 0.2) is 0 Å². The minimum atomic E-state index is -0.421. The average Bonchev–Trinajstić information content (AvgIpc) is 3.49. The highest BCUT2D eigenvalue weighted by Gasteiger charge is 2.33. The average molecular weight is 378 g/mol. The molecule has 1 aromatic carbocycles. The lowest BCUT2D eigenvalue weighted by atomic mass is 10.1. The number of aromatic nitrogens is 2. The van der Waals surface area contributed by atoms with Crippen molar-refractivity contribution in [1.82, 2.24) is 14.7 Å². The smallest absolute Gasteiger partial charge is 0.247 e. The Morgan fingerprint density at radius 3 is 2.75 bits per heavy atom. The van der Waals surface area contributed by atoms with Gasteiger partial charge in [0.05, 0.1) is 12.0 Å². The Labute approximate surface area is 162 Å². The lowest BCUT2D eigenvalue weighted by Crippen LogP contribution is -2.43. The van der Waals surface area contributed by atoms with E-state index in [2.05, 4.69) is 10.4 Å². The number of aryl methyl sites for hydroxylation is 1. The fourth-order valence-corrected chi connectivity index (χ4v) is 3.51. The van der Waals surface area contributed by atoms with Crippen LogP contribution in [0.15, 0.2) is 65.5 Å². The number of carbonyl (C=O) groups is 2. The van der Waals surface area contributed by atoms with Crippen LogP contribution in [0.2, 0.25) is 0 Å². The second kappa shape index (κ2) is 8.12. The van der Waals surface area contributed by atoms with Crippen molar-refractivity contribution in [1.29, 1.82) is 0 Å². The molecule has 28 heavy (non-hydrogen) atoms. The van der Waals surface area contributed by atoms with Crippen LogP contribution in [0.5, 0.6) is 0 Å². The summed E-state index contributed by atoms with van der Waals surface area (Å²) < 4.78 is 7.03. The summed E-state index contributed by atoms with van der Waals surface area (Å²) in [5, 5.41) is 7.11. The molecule has 3 aromatic rings. The molecule has 1 aliphatic rings. The number of carbonyl (C=O) groups excluding carboxylic acids is 2. The van der Waals surface area contributed by atoms with Crippen molar-refractivity contribution in [2.24, 2.45) is 0 Å². The fourth-order valence-electron chi connectivity index (χ4n) is 3.51. The number of furan rings is 1. The molecule has 0 unspecified atom stereocenters. The molecule has 1 atom stereocenters. The van der Waals surface area contributed by atoms with E-state index in [1.54, 1.807) is 22.0 Å². The molecule has 144 valence electrons. The second-order valence-electron chi connectivity index (χ2n) is 6.81. The van der Waals surface area contributed by atoms with E-state index in [0.717, 1.165) is 17.9 Å². The molecule has 0 spiro atoms. The van der Waals surface area contributed by atoms with Crippen LogP contribution >= 0.6 is 0 Å². The van der Waals surface area contributed by atoms with Gasteiger partial charge in [-0.15, -0.1) is 0 Å². The van der Waals surface area contributed by atoms with E-state index in [4.69, 9.17) is 4.42 Å². The molecule has 7 nitrogen and oxygen atoms in total. The van der Waals surface area contributed by atoms with Gasteiger partial charge in [0.1, 0.15) is 11.8 Å². The first-order chi connectivity index (χ1) is 13.7. The van der Waals surface area contributed by atoms with E-state index in [1.165, 1.54) is 0 Å². The standard InChI is InChI=1S/C21H22N4O3/c26-20(11-10-18-4-2-15-28-18)24-13-1-5-19(24)21(27)23-16-6-8-17(9-7-16)25-14-3-12-22-25/h2-4,6-9,12,14-15,19H,1,5,10-11,13H2,(H,23,27)/t19-/m1/s1. The molecule has 7 heteroatoms. The van der Waals surface area contributed by atoms with E-state index in [1.807, 2.05) is 48.7 Å². The van der Waals surface area contributed by atoms with Gasteiger partial charge in [-0.25, -0.2) is 4.68 Å². The zero-order valence-electron chi connectivity index (χ0n) is 15.5. The monoisotopic (exact) mass is 378 g/mol. The number of hydrogen-bond donors (Lipinski definition) is 1. The van der Waals surface area contributed by atoms with Crippen molar-refractivity contribution < 1.29 is 14.0 Å². The number of benzene rings is 1. The first-order valence-corrected chi connectivity index (χ1v) is 9.43. The predicted molar refractivity (Wildman–Crippen MR) is 104 cm³/mol. The van der Waals surface area contributed by atoms with Crippen molar-refractivity contribution >= 4 is 17.5 Å². The molecule has 2 amide bonds. The summed E-state index contributed by atoms with van der Waals surface area (Å²) in [5.41, 5.74) is 1.62. The van der Waals surface area contributed by atoms with Gasteiger partial charge in [0.25, 0.3) is 0 Å².